The molecule has 2 aromatic carbocycles. The van der Waals surface area contributed by atoms with Gasteiger partial charge in [0.2, 0.25) is 0 Å². The lowest BCUT2D eigenvalue weighted by Gasteiger charge is -2.46. The molecule has 2 aromatic rings. The predicted octanol–water partition coefficient (Wildman–Crippen LogP) is 10.7. The Balaban J connectivity index is 2.43. The average molecular weight is 555 g/mol. The van der Waals surface area contributed by atoms with Crippen LogP contribution in [0.1, 0.15) is 89.2 Å². The lowest BCUT2D eigenvalue weighted by Crippen LogP contribution is -2.51. The first-order valence-electron chi connectivity index (χ1n) is 13.8. The first-order valence-corrected chi connectivity index (χ1v) is 19.8. The van der Waals surface area contributed by atoms with Crippen molar-refractivity contribution < 1.29 is 21.7 Å². The van der Waals surface area contributed by atoms with E-state index in [9.17, 15) is 17.6 Å². The first kappa shape index (κ1) is 31.8. The summed E-state index contributed by atoms with van der Waals surface area (Å²) in [6, 6.07) is 7.75. The Morgan fingerprint density at radius 3 is 1.30 bits per heavy atom. The summed E-state index contributed by atoms with van der Waals surface area (Å²) in [4.78, 5) is 0. The molecule has 0 N–H and O–H groups in total. The van der Waals surface area contributed by atoms with Gasteiger partial charge in [0.15, 0.2) is 16.6 Å². The average Bonchev–Trinajstić information content (AvgIpc) is 2.78. The summed E-state index contributed by atoms with van der Waals surface area (Å²) in [6.45, 7) is 17.3. The maximum atomic E-state index is 14.8. The van der Waals surface area contributed by atoms with Gasteiger partial charge in [-0.2, -0.15) is 0 Å². The van der Waals surface area contributed by atoms with Crippen LogP contribution < -0.4 is 0 Å². The molecule has 0 bridgehead atoms. The van der Waals surface area contributed by atoms with Gasteiger partial charge in [-0.05, 0) is 72.4 Å². The van der Waals surface area contributed by atoms with Crippen molar-refractivity contribution in [3.63, 3.8) is 0 Å². The molecule has 0 radical (unpaired) electrons. The second kappa shape index (κ2) is 13.6. The quantitative estimate of drug-likeness (QED) is 0.167. The zero-order valence-electron chi connectivity index (χ0n) is 23.9. The summed E-state index contributed by atoms with van der Waals surface area (Å²) in [5.41, 5.74) is 1.36. The third kappa shape index (κ3) is 8.27. The fourth-order valence-corrected chi connectivity index (χ4v) is 17.5. The molecule has 1 nitrogen and oxygen atoms in total. The summed E-state index contributed by atoms with van der Waals surface area (Å²) >= 11 is 0. The van der Waals surface area contributed by atoms with Crippen LogP contribution in [0.3, 0.4) is 0 Å². The fourth-order valence-electron chi connectivity index (χ4n) is 6.25. The van der Waals surface area contributed by atoms with Crippen molar-refractivity contribution in [2.24, 2.45) is 0 Å². The van der Waals surface area contributed by atoms with Gasteiger partial charge in [0.25, 0.3) is 0 Å². The van der Waals surface area contributed by atoms with Gasteiger partial charge < -0.3 is 4.12 Å². The van der Waals surface area contributed by atoms with Gasteiger partial charge in [0.1, 0.15) is 23.3 Å². The lowest BCUT2D eigenvalue weighted by molar-refractivity contribution is 0.430. The lowest BCUT2D eigenvalue weighted by atomic mass is 9.94. The Morgan fingerprint density at radius 2 is 1.00 bits per heavy atom. The third-order valence-electron chi connectivity index (χ3n) is 8.16. The number of halogens is 4. The monoisotopic (exact) mass is 554 g/mol. The highest BCUT2D eigenvalue weighted by Gasteiger charge is 2.46. The highest BCUT2D eigenvalue weighted by molar-refractivity contribution is 6.86. The van der Waals surface area contributed by atoms with E-state index in [1.807, 2.05) is 13.8 Å². The largest absolute Gasteiger partial charge is 0.455 e. The minimum absolute atomic E-state index is 0.111. The summed E-state index contributed by atoms with van der Waals surface area (Å²) < 4.78 is 64.1. The zero-order valence-corrected chi connectivity index (χ0v) is 25.9. The molecular weight excluding hydrogens is 508 g/mol. The van der Waals surface area contributed by atoms with Crippen molar-refractivity contribution in [1.82, 2.24) is 0 Å². The topological polar surface area (TPSA) is 9.23 Å². The second-order valence-corrected chi connectivity index (χ2v) is 20.4. The molecule has 37 heavy (non-hydrogen) atoms. The second-order valence-electron chi connectivity index (χ2n) is 11.7. The zero-order chi connectivity index (χ0) is 28.0. The summed E-state index contributed by atoms with van der Waals surface area (Å²) in [5.74, 6) is -2.37. The molecule has 4 atom stereocenters. The van der Waals surface area contributed by atoms with Crippen LogP contribution in [0, 0.1) is 23.3 Å². The van der Waals surface area contributed by atoms with Crippen LogP contribution in [0.15, 0.2) is 36.4 Å². The third-order valence-corrected chi connectivity index (χ3v) is 17.5. The van der Waals surface area contributed by atoms with Gasteiger partial charge >= 0.3 is 0 Å². The van der Waals surface area contributed by atoms with E-state index >= 15 is 0 Å². The number of hydrogen-bond donors (Lipinski definition) is 0. The number of benzene rings is 2. The van der Waals surface area contributed by atoms with Crippen molar-refractivity contribution in [3.05, 3.63) is 70.8 Å². The van der Waals surface area contributed by atoms with Gasteiger partial charge in [-0.1, -0.05) is 78.4 Å². The Bertz CT molecular complexity index is 932. The molecule has 2 rings (SSSR count). The Morgan fingerprint density at radius 1 is 0.649 bits per heavy atom. The molecule has 0 aromatic heterocycles. The molecule has 0 amide bonds. The summed E-state index contributed by atoms with van der Waals surface area (Å²) in [5, 5.41) is 0. The maximum absolute atomic E-state index is 14.8. The van der Waals surface area contributed by atoms with Crippen LogP contribution in [0.25, 0.3) is 0 Å². The van der Waals surface area contributed by atoms with E-state index in [1.165, 1.54) is 12.1 Å². The van der Waals surface area contributed by atoms with Gasteiger partial charge in [-0.3, -0.25) is 0 Å². The first-order chi connectivity index (χ1) is 17.2. The Kier molecular flexibility index (Phi) is 11.6. The van der Waals surface area contributed by atoms with Crippen molar-refractivity contribution in [1.29, 1.82) is 0 Å². The van der Waals surface area contributed by atoms with Crippen LogP contribution in [0.5, 0.6) is 0 Å². The fraction of sp³-hybridized carbons (Fsp3) is 0.600. The Hall–Kier alpha value is -1.45. The smallest absolute Gasteiger partial charge is 0.177 e. The Labute approximate surface area is 224 Å². The minimum atomic E-state index is -2.41. The molecule has 0 saturated heterocycles. The van der Waals surface area contributed by atoms with Gasteiger partial charge in [0.05, 0.1) is 0 Å². The summed E-state index contributed by atoms with van der Waals surface area (Å²) in [6.07, 6.45) is 5.91. The van der Waals surface area contributed by atoms with E-state index in [0.29, 0.717) is 11.1 Å². The number of rotatable bonds is 14. The van der Waals surface area contributed by atoms with Gasteiger partial charge in [0, 0.05) is 12.1 Å². The molecule has 208 valence electrons. The summed E-state index contributed by atoms with van der Waals surface area (Å²) in [7, 11) is -4.82. The van der Waals surface area contributed by atoms with E-state index in [1.54, 1.807) is 12.1 Å². The van der Waals surface area contributed by atoms with Crippen molar-refractivity contribution in [3.8, 4) is 0 Å². The predicted molar refractivity (Wildman–Crippen MR) is 152 cm³/mol. The number of hydrogen-bond acceptors (Lipinski definition) is 1. The molecule has 7 heteroatoms. The molecule has 0 aliphatic rings. The number of unbranched alkanes of at least 4 members (excludes halogenated alkanes) is 2. The normalized spacial score (nSPS) is 15.9. The van der Waals surface area contributed by atoms with E-state index in [-0.39, 0.29) is 22.9 Å². The van der Waals surface area contributed by atoms with E-state index in [2.05, 4.69) is 40.0 Å². The van der Waals surface area contributed by atoms with E-state index in [4.69, 9.17) is 4.12 Å². The standard InChI is InChI=1S/C30H46F4OSi2/c1-9-11-13-29(21(3)25-17-15-23(31)19-27(25)33)36(5,6)35-37(7,8)30(14-12-10-2)22(4)26-18-16-24(32)20-28(26)34/h15-22,29-30H,9-14H2,1-8H3. The molecule has 0 aliphatic carbocycles. The minimum Gasteiger partial charge on any atom is -0.455 e. The molecule has 0 saturated carbocycles. The van der Waals surface area contributed by atoms with Crippen LogP contribution >= 0.6 is 0 Å². The van der Waals surface area contributed by atoms with E-state index in [0.717, 1.165) is 50.7 Å². The SMILES string of the molecule is CCCCC(C(C)c1ccc(F)cc1F)[Si](C)(C)O[Si](C)(C)C(CCCC)C(C)c1ccc(F)cc1F. The highest BCUT2D eigenvalue weighted by Crippen LogP contribution is 2.48. The van der Waals surface area contributed by atoms with Crippen LogP contribution in [-0.4, -0.2) is 16.6 Å². The van der Waals surface area contributed by atoms with Crippen molar-refractivity contribution >= 4 is 16.6 Å². The molecule has 0 aliphatic heterocycles. The van der Waals surface area contributed by atoms with Crippen LogP contribution in [-0.2, 0) is 4.12 Å². The van der Waals surface area contributed by atoms with Gasteiger partial charge in [-0.25, -0.2) is 17.6 Å². The molecular formula is C30H46F4OSi2. The van der Waals surface area contributed by atoms with Crippen LogP contribution in [0.4, 0.5) is 17.6 Å². The van der Waals surface area contributed by atoms with E-state index < -0.39 is 39.9 Å². The molecule has 4 unspecified atom stereocenters. The highest BCUT2D eigenvalue weighted by atomic mass is 28.4. The van der Waals surface area contributed by atoms with Crippen LogP contribution in [0.2, 0.25) is 37.3 Å². The van der Waals surface area contributed by atoms with Crippen molar-refractivity contribution in [2.75, 3.05) is 0 Å². The maximum Gasteiger partial charge on any atom is 0.177 e. The molecule has 0 heterocycles. The van der Waals surface area contributed by atoms with Gasteiger partial charge in [-0.15, -0.1) is 0 Å². The molecule has 0 fully saturated rings. The molecule has 0 spiro atoms. The van der Waals surface area contributed by atoms with Crippen molar-refractivity contribution in [2.45, 2.75) is 115 Å².